The molecule has 142 valence electrons. The molecule has 1 aliphatic rings. The first kappa shape index (κ1) is 19.3. The lowest BCUT2D eigenvalue weighted by Crippen LogP contribution is -2.34. The van der Waals surface area contributed by atoms with Crippen molar-refractivity contribution in [3.63, 3.8) is 0 Å². The van der Waals surface area contributed by atoms with Crippen LogP contribution in [-0.2, 0) is 22.7 Å². The van der Waals surface area contributed by atoms with Gasteiger partial charge in [-0.25, -0.2) is 8.42 Å². The van der Waals surface area contributed by atoms with Crippen LogP contribution in [-0.4, -0.2) is 43.8 Å². The van der Waals surface area contributed by atoms with Gasteiger partial charge in [0.1, 0.15) is 4.21 Å². The van der Waals surface area contributed by atoms with Gasteiger partial charge in [-0.05, 0) is 42.1 Å². The lowest BCUT2D eigenvalue weighted by Gasteiger charge is -2.21. The second-order valence-corrected chi connectivity index (χ2v) is 9.27. The molecule has 9 heteroatoms. The maximum absolute atomic E-state index is 12.6. The lowest BCUT2D eigenvalue weighted by molar-refractivity contribution is -0.137. The summed E-state index contributed by atoms with van der Waals surface area (Å²) in [6.45, 7) is 2.58. The van der Waals surface area contributed by atoms with Gasteiger partial charge in [-0.2, -0.15) is 17.5 Å². The number of thiophene rings is 1. The Morgan fingerprint density at radius 2 is 1.73 bits per heavy atom. The smallest absolute Gasteiger partial charge is 0.298 e. The van der Waals surface area contributed by atoms with E-state index in [1.165, 1.54) is 27.8 Å². The van der Waals surface area contributed by atoms with Crippen LogP contribution >= 0.6 is 11.3 Å². The van der Waals surface area contributed by atoms with E-state index in [1.807, 2.05) is 0 Å². The van der Waals surface area contributed by atoms with Crippen molar-refractivity contribution in [2.75, 3.05) is 26.2 Å². The highest BCUT2D eigenvalue weighted by molar-refractivity contribution is 7.91. The molecule has 1 aromatic heterocycles. The number of sulfonamides is 1. The Morgan fingerprint density at radius 1 is 1.00 bits per heavy atom. The summed E-state index contributed by atoms with van der Waals surface area (Å²) in [6.07, 6.45) is -3.65. The van der Waals surface area contributed by atoms with Crippen LogP contribution < -0.4 is 0 Å². The Balaban J connectivity index is 1.62. The van der Waals surface area contributed by atoms with Crippen molar-refractivity contribution in [1.82, 2.24) is 9.21 Å². The molecule has 2 aromatic rings. The zero-order valence-corrected chi connectivity index (χ0v) is 15.6. The molecule has 3 rings (SSSR count). The number of hydrogen-bond donors (Lipinski definition) is 0. The van der Waals surface area contributed by atoms with Gasteiger partial charge in [0.2, 0.25) is 0 Å². The fourth-order valence-electron chi connectivity index (χ4n) is 2.94. The van der Waals surface area contributed by atoms with Gasteiger partial charge in [0.05, 0.1) is 5.56 Å². The van der Waals surface area contributed by atoms with Gasteiger partial charge < -0.3 is 0 Å². The van der Waals surface area contributed by atoms with Gasteiger partial charge in [0.15, 0.2) is 0 Å². The molecule has 1 aromatic carbocycles. The summed E-state index contributed by atoms with van der Waals surface area (Å²) in [6, 6.07) is 8.44. The van der Waals surface area contributed by atoms with E-state index >= 15 is 0 Å². The SMILES string of the molecule is O=S(=O)(c1cccs1)N1CCCN(Cc2ccc(C(F)(F)F)cc2)CC1. The van der Waals surface area contributed by atoms with Crippen molar-refractivity contribution in [1.29, 1.82) is 0 Å². The molecule has 0 radical (unpaired) electrons. The molecule has 1 saturated heterocycles. The highest BCUT2D eigenvalue weighted by atomic mass is 32.2. The van der Waals surface area contributed by atoms with E-state index in [-0.39, 0.29) is 0 Å². The van der Waals surface area contributed by atoms with Crippen LogP contribution in [0.3, 0.4) is 0 Å². The average Bonchev–Trinajstić information content (AvgIpc) is 3.03. The minimum Gasteiger partial charge on any atom is -0.298 e. The molecule has 0 amide bonds. The summed E-state index contributed by atoms with van der Waals surface area (Å²) in [5.41, 5.74) is 0.123. The topological polar surface area (TPSA) is 40.6 Å². The molecule has 0 unspecified atom stereocenters. The van der Waals surface area contributed by atoms with E-state index in [9.17, 15) is 21.6 Å². The minimum absolute atomic E-state index is 0.341. The Kier molecular flexibility index (Phi) is 5.71. The van der Waals surface area contributed by atoms with Crippen LogP contribution in [0, 0.1) is 0 Å². The van der Waals surface area contributed by atoms with E-state index in [0.29, 0.717) is 43.4 Å². The molecular formula is C17H19F3N2O2S2. The highest BCUT2D eigenvalue weighted by Crippen LogP contribution is 2.29. The normalized spacial score (nSPS) is 18.0. The van der Waals surface area contributed by atoms with Crippen molar-refractivity contribution in [2.24, 2.45) is 0 Å². The van der Waals surface area contributed by atoms with E-state index in [0.717, 1.165) is 17.7 Å². The fourth-order valence-corrected chi connectivity index (χ4v) is 5.55. The quantitative estimate of drug-likeness (QED) is 0.781. The van der Waals surface area contributed by atoms with Gasteiger partial charge in [-0.15, -0.1) is 11.3 Å². The van der Waals surface area contributed by atoms with E-state index in [4.69, 9.17) is 0 Å². The summed E-state index contributed by atoms with van der Waals surface area (Å²) in [5.74, 6) is 0. The first-order valence-corrected chi connectivity index (χ1v) is 10.5. The van der Waals surface area contributed by atoms with Crippen LogP contribution in [0.4, 0.5) is 13.2 Å². The summed E-state index contributed by atoms with van der Waals surface area (Å²) in [7, 11) is -3.46. The lowest BCUT2D eigenvalue weighted by atomic mass is 10.1. The molecule has 0 aliphatic carbocycles. The largest absolute Gasteiger partial charge is 0.416 e. The Hall–Kier alpha value is -1.42. The number of hydrogen-bond acceptors (Lipinski definition) is 4. The van der Waals surface area contributed by atoms with Crippen LogP contribution in [0.15, 0.2) is 46.0 Å². The first-order valence-electron chi connectivity index (χ1n) is 8.19. The summed E-state index contributed by atoms with van der Waals surface area (Å²) >= 11 is 1.20. The number of benzene rings is 1. The molecule has 1 fully saturated rings. The van der Waals surface area contributed by atoms with E-state index < -0.39 is 21.8 Å². The van der Waals surface area contributed by atoms with Crippen LogP contribution in [0.25, 0.3) is 0 Å². The third kappa shape index (κ3) is 4.46. The first-order chi connectivity index (χ1) is 12.3. The molecule has 0 spiro atoms. The van der Waals surface area contributed by atoms with Gasteiger partial charge in [0, 0.05) is 26.2 Å². The monoisotopic (exact) mass is 404 g/mol. The maximum atomic E-state index is 12.6. The molecule has 0 N–H and O–H groups in total. The van der Waals surface area contributed by atoms with Gasteiger partial charge in [0.25, 0.3) is 10.0 Å². The number of halogens is 3. The predicted octanol–water partition coefficient (Wildman–Crippen LogP) is 3.66. The van der Waals surface area contributed by atoms with Crippen molar-refractivity contribution in [3.8, 4) is 0 Å². The average molecular weight is 404 g/mol. The zero-order chi connectivity index (χ0) is 18.8. The molecule has 0 atom stereocenters. The Labute approximate surface area is 154 Å². The second kappa shape index (κ2) is 7.67. The minimum atomic E-state index is -4.34. The van der Waals surface area contributed by atoms with Crippen molar-refractivity contribution < 1.29 is 21.6 Å². The molecule has 0 saturated carbocycles. The van der Waals surface area contributed by atoms with E-state index in [2.05, 4.69) is 4.90 Å². The summed E-state index contributed by atoms with van der Waals surface area (Å²) in [4.78, 5) is 2.08. The van der Waals surface area contributed by atoms with Gasteiger partial charge in [-0.3, -0.25) is 4.90 Å². The zero-order valence-electron chi connectivity index (χ0n) is 13.9. The third-order valence-electron chi connectivity index (χ3n) is 4.32. The molecule has 26 heavy (non-hydrogen) atoms. The molecule has 0 bridgehead atoms. The van der Waals surface area contributed by atoms with E-state index in [1.54, 1.807) is 17.5 Å². The van der Waals surface area contributed by atoms with Crippen LogP contribution in [0.5, 0.6) is 0 Å². The Morgan fingerprint density at radius 3 is 2.35 bits per heavy atom. The summed E-state index contributed by atoms with van der Waals surface area (Å²) in [5, 5.41) is 1.74. The van der Waals surface area contributed by atoms with Crippen molar-refractivity contribution >= 4 is 21.4 Å². The second-order valence-electron chi connectivity index (χ2n) is 6.16. The highest BCUT2D eigenvalue weighted by Gasteiger charge is 2.30. The van der Waals surface area contributed by atoms with Crippen LogP contribution in [0.2, 0.25) is 0 Å². The predicted molar refractivity (Wildman–Crippen MR) is 94.4 cm³/mol. The number of nitrogens with zero attached hydrogens (tertiary/aromatic N) is 2. The van der Waals surface area contributed by atoms with Gasteiger partial charge >= 0.3 is 6.18 Å². The molecule has 4 nitrogen and oxygen atoms in total. The van der Waals surface area contributed by atoms with Crippen LogP contribution in [0.1, 0.15) is 17.5 Å². The summed E-state index contributed by atoms with van der Waals surface area (Å²) < 4.78 is 64.9. The molecule has 2 heterocycles. The maximum Gasteiger partial charge on any atom is 0.416 e. The van der Waals surface area contributed by atoms with Crippen molar-refractivity contribution in [3.05, 3.63) is 52.9 Å². The molecular weight excluding hydrogens is 385 g/mol. The third-order valence-corrected chi connectivity index (χ3v) is 7.60. The Bertz CT molecular complexity index is 819. The van der Waals surface area contributed by atoms with Gasteiger partial charge in [-0.1, -0.05) is 18.2 Å². The van der Waals surface area contributed by atoms with Crippen molar-refractivity contribution in [2.45, 2.75) is 23.4 Å². The fraction of sp³-hybridized carbons (Fsp3) is 0.412. The number of alkyl halides is 3. The number of rotatable bonds is 4. The molecule has 1 aliphatic heterocycles. The standard InChI is InChI=1S/C17H19F3N2O2S2/c18-17(19,20)15-6-4-14(5-7-15)13-21-8-2-9-22(11-10-21)26(23,24)16-3-1-12-25-16/h1,3-7,12H,2,8-11,13H2.